The Hall–Kier alpha value is -4.98. The van der Waals surface area contributed by atoms with Gasteiger partial charge in [0.25, 0.3) is 0 Å². The molecule has 0 saturated heterocycles. The van der Waals surface area contributed by atoms with Gasteiger partial charge in [-0.1, -0.05) is 88.0 Å². The molecule has 2 amide bonds. The molecule has 13 heteroatoms. The first kappa shape index (κ1) is 34.4. The van der Waals surface area contributed by atoms with Gasteiger partial charge in [-0.2, -0.15) is 0 Å². The number of aromatic nitrogens is 4. The molecule has 0 radical (unpaired) electrons. The molecule has 0 saturated carbocycles. The number of carbonyl (C=O) groups excluding carboxylic acids is 2. The molecular weight excluding hydrogens is 710 g/mol. The molecular formula is C35H32BrN7O3S2. The zero-order chi connectivity index (χ0) is 33.9. The van der Waals surface area contributed by atoms with E-state index in [1.807, 2.05) is 72.8 Å². The van der Waals surface area contributed by atoms with Gasteiger partial charge in [-0.25, -0.2) is 0 Å². The molecule has 6 rings (SSSR count). The van der Waals surface area contributed by atoms with E-state index in [1.54, 1.807) is 0 Å². The quantitative estimate of drug-likeness (QED) is 0.127. The van der Waals surface area contributed by atoms with Crippen LogP contribution in [0, 0.1) is 0 Å². The molecule has 3 N–H and O–H groups in total. The van der Waals surface area contributed by atoms with E-state index < -0.39 is 0 Å². The molecule has 0 atom stereocenters. The summed E-state index contributed by atoms with van der Waals surface area (Å²) >= 11 is 6.06. The van der Waals surface area contributed by atoms with Crippen molar-refractivity contribution in [3.63, 3.8) is 0 Å². The molecule has 10 nitrogen and oxygen atoms in total. The minimum atomic E-state index is -0.158. The van der Waals surface area contributed by atoms with Gasteiger partial charge in [0, 0.05) is 46.4 Å². The number of benzene rings is 4. The van der Waals surface area contributed by atoms with E-state index >= 15 is 0 Å². The van der Waals surface area contributed by atoms with E-state index in [-0.39, 0.29) is 11.8 Å². The first-order valence-corrected chi connectivity index (χ1v) is 17.4. The second-order valence-corrected chi connectivity index (χ2v) is 13.2. The lowest BCUT2D eigenvalue weighted by Gasteiger charge is -2.13. The van der Waals surface area contributed by atoms with E-state index in [4.69, 9.17) is 4.74 Å². The first-order chi connectivity index (χ1) is 23.3. The zero-order valence-electron chi connectivity index (χ0n) is 26.4. The molecule has 0 fully saturated rings. The molecule has 0 spiro atoms. The average molecular weight is 743 g/mol. The van der Waals surface area contributed by atoms with Crippen LogP contribution in [0.1, 0.15) is 27.2 Å². The molecule has 4 aromatic carbocycles. The van der Waals surface area contributed by atoms with E-state index in [0.29, 0.717) is 10.3 Å². The summed E-state index contributed by atoms with van der Waals surface area (Å²) in [5, 5.41) is 27.4. The van der Waals surface area contributed by atoms with Crippen LogP contribution < -0.4 is 20.7 Å². The third-order valence-corrected chi connectivity index (χ3v) is 8.79. The molecule has 0 aliphatic heterocycles. The van der Waals surface area contributed by atoms with E-state index in [2.05, 4.69) is 83.5 Å². The van der Waals surface area contributed by atoms with Crippen molar-refractivity contribution in [3.05, 3.63) is 102 Å². The van der Waals surface area contributed by atoms with Crippen molar-refractivity contribution in [2.24, 2.45) is 0 Å². The van der Waals surface area contributed by atoms with Crippen LogP contribution in [-0.2, 0) is 9.59 Å². The molecule has 6 aromatic rings. The maximum Gasteiger partial charge on any atom is 0.223 e. The SMILES string of the molecule is CC(=O)Nc1nnc(-c2ccc(Br)cc2)s1.CCCOc1ccc(-c2ccccc2Nc2ccc(-c3nnc(NC(C)=O)s3)cc2)cc1. The van der Waals surface area contributed by atoms with Gasteiger partial charge in [-0.05, 0) is 66.6 Å². The number of nitrogens with one attached hydrogen (secondary N) is 3. The maximum atomic E-state index is 11.2. The highest BCUT2D eigenvalue weighted by Crippen LogP contribution is 2.33. The number of ether oxygens (including phenoxy) is 1. The van der Waals surface area contributed by atoms with Crippen LogP contribution in [0.25, 0.3) is 32.3 Å². The van der Waals surface area contributed by atoms with Crippen LogP contribution in [-0.4, -0.2) is 38.8 Å². The van der Waals surface area contributed by atoms with Gasteiger partial charge < -0.3 is 20.7 Å². The fourth-order valence-electron chi connectivity index (χ4n) is 4.32. The normalized spacial score (nSPS) is 10.4. The van der Waals surface area contributed by atoms with Gasteiger partial charge >= 0.3 is 0 Å². The van der Waals surface area contributed by atoms with Crippen molar-refractivity contribution >= 4 is 72.1 Å². The van der Waals surface area contributed by atoms with Crippen molar-refractivity contribution in [1.29, 1.82) is 0 Å². The Morgan fingerprint density at radius 3 is 1.75 bits per heavy atom. The van der Waals surface area contributed by atoms with Crippen LogP contribution in [0.15, 0.2) is 102 Å². The highest BCUT2D eigenvalue weighted by atomic mass is 79.9. The number of hydrogen-bond donors (Lipinski definition) is 3. The summed E-state index contributed by atoms with van der Waals surface area (Å²) in [5.74, 6) is 0.586. The third-order valence-electron chi connectivity index (χ3n) is 6.48. The van der Waals surface area contributed by atoms with Gasteiger partial charge in [-0.3, -0.25) is 9.59 Å². The largest absolute Gasteiger partial charge is 0.494 e. The van der Waals surface area contributed by atoms with Gasteiger partial charge in [0.15, 0.2) is 0 Å². The van der Waals surface area contributed by atoms with Gasteiger partial charge in [0.05, 0.1) is 6.61 Å². The van der Waals surface area contributed by atoms with E-state index in [1.165, 1.54) is 36.5 Å². The summed E-state index contributed by atoms with van der Waals surface area (Å²) in [6, 6.07) is 32.2. The van der Waals surface area contributed by atoms with E-state index in [0.717, 1.165) is 66.9 Å². The molecule has 244 valence electrons. The van der Waals surface area contributed by atoms with Crippen LogP contribution >= 0.6 is 38.6 Å². The maximum absolute atomic E-state index is 11.2. The molecule has 2 aromatic heterocycles. The Balaban J connectivity index is 0.000000236. The standard InChI is InChI=1S/C25H24N4O2S.C10H8BrN3OS/c1-3-16-31-21-14-10-18(11-15-21)22-6-4-5-7-23(22)27-20-12-8-19(9-13-20)24-28-29-25(32-24)26-17(2)30;1-6(15)12-10-14-13-9(16-10)7-2-4-8(11)5-3-7/h4-15,27H,3,16H2,1-2H3,(H,26,29,30);2-5H,1H3,(H,12,14,15). The number of carbonyl (C=O) groups is 2. The predicted molar refractivity (Wildman–Crippen MR) is 198 cm³/mol. The minimum Gasteiger partial charge on any atom is -0.494 e. The first-order valence-electron chi connectivity index (χ1n) is 14.9. The van der Waals surface area contributed by atoms with E-state index in [9.17, 15) is 9.59 Å². The summed E-state index contributed by atoms with van der Waals surface area (Å²) in [6.45, 7) is 5.72. The van der Waals surface area contributed by atoms with Crippen molar-refractivity contribution in [1.82, 2.24) is 20.4 Å². The number of amides is 2. The average Bonchev–Trinajstić information content (AvgIpc) is 3.75. The smallest absolute Gasteiger partial charge is 0.223 e. The van der Waals surface area contributed by atoms with Crippen molar-refractivity contribution < 1.29 is 14.3 Å². The molecule has 2 heterocycles. The Kier molecular flexibility index (Phi) is 12.0. The lowest BCUT2D eigenvalue weighted by Crippen LogP contribution is -2.04. The van der Waals surface area contributed by atoms with Crippen molar-refractivity contribution in [2.75, 3.05) is 22.6 Å². The second kappa shape index (κ2) is 16.7. The lowest BCUT2D eigenvalue weighted by molar-refractivity contribution is -0.115. The number of hydrogen-bond acceptors (Lipinski definition) is 10. The van der Waals surface area contributed by atoms with Gasteiger partial charge in [0.1, 0.15) is 15.8 Å². The summed E-state index contributed by atoms with van der Waals surface area (Å²) in [6.07, 6.45) is 0.989. The molecule has 0 unspecified atom stereocenters. The van der Waals surface area contributed by atoms with Gasteiger partial charge in [-0.15, -0.1) is 20.4 Å². The number of rotatable bonds is 10. The summed E-state index contributed by atoms with van der Waals surface area (Å²) in [5.41, 5.74) is 6.15. The predicted octanol–water partition coefficient (Wildman–Crippen LogP) is 9.29. The highest BCUT2D eigenvalue weighted by molar-refractivity contribution is 9.10. The summed E-state index contributed by atoms with van der Waals surface area (Å²) in [7, 11) is 0. The monoisotopic (exact) mass is 741 g/mol. The van der Waals surface area contributed by atoms with Crippen LogP contribution in [0.2, 0.25) is 0 Å². The Morgan fingerprint density at radius 1 is 0.688 bits per heavy atom. The van der Waals surface area contributed by atoms with Crippen molar-refractivity contribution in [3.8, 4) is 38.0 Å². The molecule has 0 bridgehead atoms. The van der Waals surface area contributed by atoms with Gasteiger partial charge in [0.2, 0.25) is 22.1 Å². The topological polar surface area (TPSA) is 131 Å². The number of anilines is 4. The Morgan fingerprint density at radius 2 is 1.21 bits per heavy atom. The van der Waals surface area contributed by atoms with Crippen LogP contribution in [0.3, 0.4) is 0 Å². The van der Waals surface area contributed by atoms with Crippen LogP contribution in [0.4, 0.5) is 21.6 Å². The highest BCUT2D eigenvalue weighted by Gasteiger charge is 2.10. The fourth-order valence-corrected chi connectivity index (χ4v) is 6.18. The zero-order valence-corrected chi connectivity index (χ0v) is 29.6. The lowest BCUT2D eigenvalue weighted by atomic mass is 10.0. The molecule has 0 aliphatic rings. The summed E-state index contributed by atoms with van der Waals surface area (Å²) < 4.78 is 6.71. The van der Waals surface area contributed by atoms with Crippen molar-refractivity contribution in [2.45, 2.75) is 27.2 Å². The molecule has 0 aliphatic carbocycles. The number of para-hydroxylation sites is 1. The minimum absolute atomic E-state index is 0.140. The Bertz CT molecular complexity index is 1960. The molecule has 48 heavy (non-hydrogen) atoms. The Labute approximate surface area is 294 Å². The number of nitrogens with zero attached hydrogens (tertiary/aromatic N) is 4. The summed E-state index contributed by atoms with van der Waals surface area (Å²) in [4.78, 5) is 22.0. The third kappa shape index (κ3) is 9.77. The van der Waals surface area contributed by atoms with Crippen LogP contribution in [0.5, 0.6) is 5.75 Å². The number of halogens is 1. The fraction of sp³-hybridized carbons (Fsp3) is 0.143. The second-order valence-electron chi connectivity index (χ2n) is 10.3.